The van der Waals surface area contributed by atoms with Gasteiger partial charge in [0.2, 0.25) is 0 Å². The quantitative estimate of drug-likeness (QED) is 0.764. The number of thioether (sulfide) groups is 1. The van der Waals surface area contributed by atoms with Crippen LogP contribution in [-0.4, -0.2) is 16.5 Å². The standard InChI is InChI=1S/C11H11NOS2/c1-8(13)6-7-14-11-12-9-4-2-3-5-10(9)15-11/h2-5H,6-7H2,1H3. The maximum atomic E-state index is 10.8. The Labute approximate surface area is 96.7 Å². The number of hydrogen-bond donors (Lipinski definition) is 0. The molecule has 2 aromatic rings. The number of hydrogen-bond acceptors (Lipinski definition) is 4. The minimum absolute atomic E-state index is 0.239. The Hall–Kier alpha value is -0.870. The van der Waals surface area contributed by atoms with E-state index in [-0.39, 0.29) is 5.78 Å². The largest absolute Gasteiger partial charge is 0.300 e. The molecule has 0 spiro atoms. The second-order valence-corrected chi connectivity index (χ2v) is 5.62. The smallest absolute Gasteiger partial charge is 0.151 e. The molecule has 1 aromatic carbocycles. The van der Waals surface area contributed by atoms with E-state index in [1.165, 1.54) is 4.70 Å². The van der Waals surface area contributed by atoms with Gasteiger partial charge >= 0.3 is 0 Å². The van der Waals surface area contributed by atoms with Crippen molar-refractivity contribution in [3.8, 4) is 0 Å². The van der Waals surface area contributed by atoms with Crippen LogP contribution in [0.1, 0.15) is 13.3 Å². The van der Waals surface area contributed by atoms with Crippen molar-refractivity contribution < 1.29 is 4.79 Å². The molecule has 0 amide bonds. The number of Topliss-reactive ketones (excluding diaryl/α,β-unsaturated/α-hetero) is 1. The molecule has 0 aliphatic rings. The van der Waals surface area contributed by atoms with Crippen molar-refractivity contribution in [2.75, 3.05) is 5.75 Å². The fraction of sp³-hybridized carbons (Fsp3) is 0.273. The molecule has 0 fully saturated rings. The van der Waals surface area contributed by atoms with E-state index >= 15 is 0 Å². The van der Waals surface area contributed by atoms with Crippen LogP contribution in [0, 0.1) is 0 Å². The van der Waals surface area contributed by atoms with Crippen LogP contribution in [-0.2, 0) is 4.79 Å². The van der Waals surface area contributed by atoms with Crippen molar-refractivity contribution in [2.24, 2.45) is 0 Å². The van der Waals surface area contributed by atoms with Crippen molar-refractivity contribution in [2.45, 2.75) is 17.7 Å². The highest BCUT2D eigenvalue weighted by atomic mass is 32.2. The van der Waals surface area contributed by atoms with Gasteiger partial charge in [-0.3, -0.25) is 4.79 Å². The summed E-state index contributed by atoms with van der Waals surface area (Å²) < 4.78 is 2.26. The van der Waals surface area contributed by atoms with Gasteiger partial charge in [-0.05, 0) is 19.1 Å². The molecule has 0 saturated carbocycles. The average molecular weight is 237 g/mol. The topological polar surface area (TPSA) is 30.0 Å². The Morgan fingerprint density at radius 1 is 1.47 bits per heavy atom. The molecule has 0 unspecified atom stereocenters. The highest BCUT2D eigenvalue weighted by Gasteiger charge is 2.03. The van der Waals surface area contributed by atoms with Gasteiger partial charge in [-0.1, -0.05) is 23.9 Å². The van der Waals surface area contributed by atoms with E-state index in [4.69, 9.17) is 0 Å². The first-order valence-corrected chi connectivity index (χ1v) is 6.54. The molecule has 78 valence electrons. The summed E-state index contributed by atoms with van der Waals surface area (Å²) in [6.45, 7) is 1.62. The lowest BCUT2D eigenvalue weighted by Crippen LogP contribution is -1.90. The summed E-state index contributed by atoms with van der Waals surface area (Å²) in [7, 11) is 0. The molecule has 0 N–H and O–H groups in total. The van der Waals surface area contributed by atoms with E-state index in [2.05, 4.69) is 11.1 Å². The molecule has 0 atom stereocenters. The highest BCUT2D eigenvalue weighted by Crippen LogP contribution is 2.29. The van der Waals surface area contributed by atoms with Crippen LogP contribution < -0.4 is 0 Å². The number of carbonyl (C=O) groups is 1. The van der Waals surface area contributed by atoms with Gasteiger partial charge in [0.25, 0.3) is 0 Å². The fourth-order valence-corrected chi connectivity index (χ4v) is 3.37. The summed E-state index contributed by atoms with van der Waals surface area (Å²) in [4.78, 5) is 15.3. The zero-order valence-corrected chi connectivity index (χ0v) is 10.0. The number of ketones is 1. The first kappa shape index (κ1) is 10.6. The van der Waals surface area contributed by atoms with Gasteiger partial charge in [-0.2, -0.15) is 0 Å². The van der Waals surface area contributed by atoms with Crippen LogP contribution in [0.4, 0.5) is 0 Å². The summed E-state index contributed by atoms with van der Waals surface area (Å²) >= 11 is 3.35. The number of aromatic nitrogens is 1. The summed E-state index contributed by atoms with van der Waals surface area (Å²) in [5.41, 5.74) is 1.05. The van der Waals surface area contributed by atoms with E-state index in [9.17, 15) is 4.79 Å². The van der Waals surface area contributed by atoms with Gasteiger partial charge in [0.05, 0.1) is 10.2 Å². The predicted molar refractivity (Wildman–Crippen MR) is 65.6 cm³/mol. The van der Waals surface area contributed by atoms with Crippen molar-refractivity contribution in [1.29, 1.82) is 0 Å². The molecule has 2 rings (SSSR count). The van der Waals surface area contributed by atoms with Crippen molar-refractivity contribution in [1.82, 2.24) is 4.98 Å². The monoisotopic (exact) mass is 237 g/mol. The summed E-state index contributed by atoms with van der Waals surface area (Å²) in [5.74, 6) is 1.07. The maximum absolute atomic E-state index is 10.8. The van der Waals surface area contributed by atoms with Gasteiger partial charge in [0.15, 0.2) is 4.34 Å². The van der Waals surface area contributed by atoms with Gasteiger partial charge < -0.3 is 0 Å². The first-order chi connectivity index (χ1) is 7.25. The molecule has 4 heteroatoms. The van der Waals surface area contributed by atoms with Crippen molar-refractivity contribution in [3.05, 3.63) is 24.3 Å². The average Bonchev–Trinajstić information content (AvgIpc) is 2.59. The van der Waals surface area contributed by atoms with E-state index in [0.717, 1.165) is 15.6 Å². The van der Waals surface area contributed by atoms with Crippen molar-refractivity contribution >= 4 is 39.1 Å². The first-order valence-electron chi connectivity index (χ1n) is 4.73. The molecule has 0 aliphatic carbocycles. The number of rotatable bonds is 4. The van der Waals surface area contributed by atoms with Crippen LogP contribution >= 0.6 is 23.1 Å². The third-order valence-electron chi connectivity index (χ3n) is 1.95. The molecule has 2 nitrogen and oxygen atoms in total. The van der Waals surface area contributed by atoms with E-state index < -0.39 is 0 Å². The number of thiazole rings is 1. The van der Waals surface area contributed by atoms with Gasteiger partial charge in [0.1, 0.15) is 5.78 Å². The molecule has 0 aliphatic heterocycles. The normalized spacial score (nSPS) is 10.7. The zero-order chi connectivity index (χ0) is 10.7. The highest BCUT2D eigenvalue weighted by molar-refractivity contribution is 8.01. The lowest BCUT2D eigenvalue weighted by atomic mass is 10.3. The molecule has 1 heterocycles. The third kappa shape index (κ3) is 2.79. The number of carbonyl (C=O) groups excluding carboxylic acids is 1. The molecular weight excluding hydrogens is 226 g/mol. The Kier molecular flexibility index (Phi) is 3.38. The minimum Gasteiger partial charge on any atom is -0.300 e. The van der Waals surface area contributed by atoms with Crippen LogP contribution in [0.3, 0.4) is 0 Å². The summed E-state index contributed by atoms with van der Waals surface area (Å²) in [6, 6.07) is 8.10. The van der Waals surface area contributed by atoms with E-state index in [1.807, 2.05) is 18.2 Å². The van der Waals surface area contributed by atoms with Gasteiger partial charge in [-0.25, -0.2) is 4.98 Å². The number of para-hydroxylation sites is 1. The lowest BCUT2D eigenvalue weighted by Gasteiger charge is -1.92. The Bertz CT molecular complexity index is 445. The van der Waals surface area contributed by atoms with E-state index in [0.29, 0.717) is 6.42 Å². The zero-order valence-electron chi connectivity index (χ0n) is 8.40. The number of benzene rings is 1. The van der Waals surface area contributed by atoms with Crippen LogP contribution in [0.25, 0.3) is 10.2 Å². The lowest BCUT2D eigenvalue weighted by molar-refractivity contribution is -0.116. The summed E-state index contributed by atoms with van der Waals surface area (Å²) in [6.07, 6.45) is 0.626. The minimum atomic E-state index is 0.239. The molecular formula is C11H11NOS2. The number of fused-ring (bicyclic) bond motifs is 1. The van der Waals surface area contributed by atoms with E-state index in [1.54, 1.807) is 30.0 Å². The Balaban J connectivity index is 2.05. The molecule has 0 radical (unpaired) electrons. The Morgan fingerprint density at radius 3 is 3.00 bits per heavy atom. The SMILES string of the molecule is CC(=O)CCSc1nc2ccccc2s1. The fourth-order valence-electron chi connectivity index (χ4n) is 1.19. The van der Waals surface area contributed by atoms with Crippen LogP contribution in [0.2, 0.25) is 0 Å². The predicted octanol–water partition coefficient (Wildman–Crippen LogP) is 3.37. The summed E-state index contributed by atoms with van der Waals surface area (Å²) in [5, 5.41) is 0. The van der Waals surface area contributed by atoms with Crippen LogP contribution in [0.15, 0.2) is 28.6 Å². The second-order valence-electron chi connectivity index (χ2n) is 3.25. The van der Waals surface area contributed by atoms with Gasteiger partial charge in [-0.15, -0.1) is 11.3 Å². The third-order valence-corrected chi connectivity index (χ3v) is 4.14. The molecule has 0 bridgehead atoms. The number of nitrogens with zero attached hydrogens (tertiary/aromatic N) is 1. The molecule has 15 heavy (non-hydrogen) atoms. The van der Waals surface area contributed by atoms with Crippen LogP contribution in [0.5, 0.6) is 0 Å². The molecule has 0 saturated heterocycles. The van der Waals surface area contributed by atoms with Gasteiger partial charge in [0, 0.05) is 12.2 Å². The maximum Gasteiger partial charge on any atom is 0.151 e. The molecule has 1 aromatic heterocycles. The second kappa shape index (κ2) is 4.77. The Morgan fingerprint density at radius 2 is 2.27 bits per heavy atom. The van der Waals surface area contributed by atoms with Crippen molar-refractivity contribution in [3.63, 3.8) is 0 Å².